The number of ether oxygens (including phenoxy) is 1. The highest BCUT2D eigenvalue weighted by Crippen LogP contribution is 2.22. The van der Waals surface area contributed by atoms with Crippen molar-refractivity contribution in [3.63, 3.8) is 0 Å². The van der Waals surface area contributed by atoms with Gasteiger partial charge in [0.05, 0.1) is 11.0 Å². The van der Waals surface area contributed by atoms with Crippen LogP contribution in [-0.2, 0) is 14.6 Å². The molecule has 0 heterocycles. The molecule has 0 aromatic rings. The molecule has 1 saturated carbocycles. The van der Waals surface area contributed by atoms with Crippen LogP contribution >= 0.6 is 0 Å². The number of nitrogens with two attached hydrogens (primary N) is 1. The zero-order chi connectivity index (χ0) is 15.6. The summed E-state index contributed by atoms with van der Waals surface area (Å²) < 4.78 is 30.1. The summed E-state index contributed by atoms with van der Waals surface area (Å²) in [4.78, 5) is 0. The van der Waals surface area contributed by atoms with Crippen LogP contribution in [0.25, 0.3) is 0 Å². The molecule has 0 radical (unpaired) electrons. The van der Waals surface area contributed by atoms with E-state index in [4.69, 9.17) is 10.5 Å². The van der Waals surface area contributed by atoms with E-state index < -0.39 is 9.84 Å². The maximum Gasteiger partial charge on any atom is 0.154 e. The molecule has 0 bridgehead atoms. The Kier molecular flexibility index (Phi) is 9.52. The van der Waals surface area contributed by atoms with Gasteiger partial charge in [-0.3, -0.25) is 0 Å². The predicted octanol–water partition coefficient (Wildman–Crippen LogP) is 3.05. The molecule has 2 unspecified atom stereocenters. The van der Waals surface area contributed by atoms with Crippen molar-refractivity contribution in [1.29, 1.82) is 0 Å². The number of methoxy groups -OCH3 is 1. The maximum absolute atomic E-state index is 12.6. The first-order valence-electron chi connectivity index (χ1n) is 8.54. The third kappa shape index (κ3) is 7.61. The van der Waals surface area contributed by atoms with Crippen LogP contribution in [0, 0.1) is 0 Å². The van der Waals surface area contributed by atoms with Crippen molar-refractivity contribution in [1.82, 2.24) is 0 Å². The number of hydrogen-bond donors (Lipinski definition) is 1. The lowest BCUT2D eigenvalue weighted by atomic mass is 9.98. The Morgan fingerprint density at radius 3 is 2.05 bits per heavy atom. The standard InChI is InChI=1S/C16H33NO3S/c1-20-13-10-14-21(18,19)16-12-9-7-5-3-2-4-6-8-11-15(16)17/h15-16H,2-14,17H2,1H3. The van der Waals surface area contributed by atoms with Crippen LogP contribution in [0.1, 0.15) is 70.6 Å². The first-order chi connectivity index (χ1) is 10.1. The van der Waals surface area contributed by atoms with E-state index in [2.05, 4.69) is 0 Å². The zero-order valence-electron chi connectivity index (χ0n) is 13.6. The van der Waals surface area contributed by atoms with Crippen LogP contribution in [0.5, 0.6) is 0 Å². The van der Waals surface area contributed by atoms with Gasteiger partial charge in [0.25, 0.3) is 0 Å². The maximum atomic E-state index is 12.6. The predicted molar refractivity (Wildman–Crippen MR) is 88.2 cm³/mol. The second-order valence-corrected chi connectivity index (χ2v) is 8.66. The highest BCUT2D eigenvalue weighted by Gasteiger charge is 2.30. The Labute approximate surface area is 130 Å². The van der Waals surface area contributed by atoms with Crippen LogP contribution in [0.4, 0.5) is 0 Å². The quantitative estimate of drug-likeness (QED) is 0.791. The summed E-state index contributed by atoms with van der Waals surface area (Å²) in [7, 11) is -1.49. The van der Waals surface area contributed by atoms with Crippen molar-refractivity contribution in [2.24, 2.45) is 5.73 Å². The third-order valence-corrected chi connectivity index (χ3v) is 6.86. The normalized spacial score (nSPS) is 26.8. The van der Waals surface area contributed by atoms with E-state index in [1.54, 1.807) is 7.11 Å². The molecule has 4 nitrogen and oxygen atoms in total. The van der Waals surface area contributed by atoms with Crippen molar-refractivity contribution >= 4 is 9.84 Å². The average molecular weight is 320 g/mol. The molecule has 2 atom stereocenters. The lowest BCUT2D eigenvalue weighted by Crippen LogP contribution is -2.41. The molecule has 0 spiro atoms. The molecule has 1 aliphatic carbocycles. The van der Waals surface area contributed by atoms with Crippen molar-refractivity contribution < 1.29 is 13.2 Å². The van der Waals surface area contributed by atoms with E-state index in [1.807, 2.05) is 0 Å². The molecule has 0 aliphatic heterocycles. The van der Waals surface area contributed by atoms with Crippen LogP contribution in [0.15, 0.2) is 0 Å². The van der Waals surface area contributed by atoms with Gasteiger partial charge in [0.1, 0.15) is 0 Å². The fraction of sp³-hybridized carbons (Fsp3) is 1.00. The lowest BCUT2D eigenvalue weighted by Gasteiger charge is -2.24. The van der Waals surface area contributed by atoms with E-state index >= 15 is 0 Å². The molecule has 2 N–H and O–H groups in total. The summed E-state index contributed by atoms with van der Waals surface area (Å²) in [6.07, 6.45) is 11.6. The largest absolute Gasteiger partial charge is 0.385 e. The number of sulfone groups is 1. The number of rotatable bonds is 5. The van der Waals surface area contributed by atoms with Crippen LogP contribution in [0.3, 0.4) is 0 Å². The molecule has 1 aliphatic rings. The van der Waals surface area contributed by atoms with Crippen molar-refractivity contribution in [3.05, 3.63) is 0 Å². The zero-order valence-corrected chi connectivity index (χ0v) is 14.4. The first-order valence-corrected chi connectivity index (χ1v) is 10.3. The van der Waals surface area contributed by atoms with Gasteiger partial charge >= 0.3 is 0 Å². The van der Waals surface area contributed by atoms with Gasteiger partial charge in [0.2, 0.25) is 0 Å². The third-order valence-electron chi connectivity index (χ3n) is 4.49. The monoisotopic (exact) mass is 319 g/mol. The molecule has 126 valence electrons. The van der Waals surface area contributed by atoms with E-state index in [-0.39, 0.29) is 17.0 Å². The molecule has 5 heteroatoms. The fourth-order valence-corrected chi connectivity index (χ4v) is 5.21. The van der Waals surface area contributed by atoms with Gasteiger partial charge in [-0.2, -0.15) is 0 Å². The van der Waals surface area contributed by atoms with Crippen LogP contribution in [0.2, 0.25) is 0 Å². The summed E-state index contributed by atoms with van der Waals surface area (Å²) in [5.74, 6) is 0.208. The molecular weight excluding hydrogens is 286 g/mol. The minimum atomic E-state index is -3.10. The topological polar surface area (TPSA) is 69.4 Å². The summed E-state index contributed by atoms with van der Waals surface area (Å²) in [6.45, 7) is 0.501. The van der Waals surface area contributed by atoms with Gasteiger partial charge in [-0.25, -0.2) is 8.42 Å². The van der Waals surface area contributed by atoms with E-state index in [1.165, 1.54) is 32.1 Å². The highest BCUT2D eigenvalue weighted by molar-refractivity contribution is 7.92. The molecule has 1 rings (SSSR count). The molecule has 0 amide bonds. The molecule has 0 aromatic carbocycles. The smallest absolute Gasteiger partial charge is 0.154 e. The van der Waals surface area contributed by atoms with Gasteiger partial charge in [-0.05, 0) is 19.3 Å². The summed E-state index contributed by atoms with van der Waals surface area (Å²) in [6, 6.07) is -0.197. The van der Waals surface area contributed by atoms with Gasteiger partial charge in [-0.15, -0.1) is 0 Å². The molecule has 21 heavy (non-hydrogen) atoms. The molecular formula is C16H33NO3S. The fourth-order valence-electron chi connectivity index (χ4n) is 3.19. The Balaban J connectivity index is 2.62. The highest BCUT2D eigenvalue weighted by atomic mass is 32.2. The van der Waals surface area contributed by atoms with Crippen LogP contribution < -0.4 is 5.73 Å². The second-order valence-electron chi connectivity index (χ2n) is 6.32. The second kappa shape index (κ2) is 10.6. The summed E-state index contributed by atoms with van der Waals surface area (Å²) in [5, 5.41) is -0.353. The number of hydrogen-bond acceptors (Lipinski definition) is 4. The van der Waals surface area contributed by atoms with Crippen molar-refractivity contribution in [3.8, 4) is 0 Å². The SMILES string of the molecule is COCCCS(=O)(=O)C1CCCCCCCCCCC1N. The van der Waals surface area contributed by atoms with Gasteiger partial charge in [0.15, 0.2) is 9.84 Å². The Bertz CT molecular complexity index is 357. The van der Waals surface area contributed by atoms with Crippen molar-refractivity contribution in [2.75, 3.05) is 19.5 Å². The van der Waals surface area contributed by atoms with E-state index in [0.29, 0.717) is 13.0 Å². The minimum Gasteiger partial charge on any atom is -0.385 e. The van der Waals surface area contributed by atoms with Gasteiger partial charge < -0.3 is 10.5 Å². The van der Waals surface area contributed by atoms with E-state index in [9.17, 15) is 8.42 Å². The first kappa shape index (κ1) is 18.9. The lowest BCUT2D eigenvalue weighted by molar-refractivity contribution is 0.199. The Hall–Kier alpha value is -0.130. The Morgan fingerprint density at radius 2 is 1.48 bits per heavy atom. The summed E-state index contributed by atoms with van der Waals surface area (Å²) in [5.41, 5.74) is 6.24. The van der Waals surface area contributed by atoms with Gasteiger partial charge in [0, 0.05) is 19.8 Å². The molecule has 0 aromatic heterocycles. The average Bonchev–Trinajstić information content (AvgIpc) is 2.42. The van der Waals surface area contributed by atoms with Crippen molar-refractivity contribution in [2.45, 2.75) is 81.9 Å². The molecule has 1 fully saturated rings. The summed E-state index contributed by atoms with van der Waals surface area (Å²) >= 11 is 0. The van der Waals surface area contributed by atoms with Crippen LogP contribution in [-0.4, -0.2) is 39.2 Å². The minimum absolute atomic E-state index is 0.197. The van der Waals surface area contributed by atoms with Gasteiger partial charge in [-0.1, -0.05) is 51.4 Å². The van der Waals surface area contributed by atoms with E-state index in [0.717, 1.165) is 32.1 Å². The Morgan fingerprint density at radius 1 is 0.952 bits per heavy atom. The molecule has 0 saturated heterocycles.